The van der Waals surface area contributed by atoms with Crippen LogP contribution >= 0.6 is 0 Å². The largest absolute Gasteiger partial charge is 0.454 e. The molecule has 0 spiro atoms. The van der Waals surface area contributed by atoms with Gasteiger partial charge >= 0.3 is 0 Å². The summed E-state index contributed by atoms with van der Waals surface area (Å²) in [6.45, 7) is 0. The van der Waals surface area contributed by atoms with E-state index in [2.05, 4.69) is 32.7 Å². The second-order valence-electron chi connectivity index (χ2n) is 8.11. The number of pyridine rings is 2. The Labute approximate surface area is 192 Å². The minimum absolute atomic E-state index is 0.0917. The Kier molecular flexibility index (Phi) is 3.90. The number of rotatable bonds is 3. The Morgan fingerprint density at radius 2 is 1.68 bits per heavy atom. The van der Waals surface area contributed by atoms with Crippen molar-refractivity contribution < 1.29 is 9.15 Å². The molecule has 34 heavy (non-hydrogen) atoms. The lowest BCUT2D eigenvalue weighted by atomic mass is 10.1. The summed E-state index contributed by atoms with van der Waals surface area (Å²) in [5, 5.41) is 2.79. The quantitative estimate of drug-likeness (QED) is 0.336. The number of fused-ring (bicyclic) bond motifs is 6. The summed E-state index contributed by atoms with van der Waals surface area (Å²) in [6, 6.07) is 28.8. The van der Waals surface area contributed by atoms with Crippen molar-refractivity contribution in [1.29, 1.82) is 0 Å². The van der Waals surface area contributed by atoms with Gasteiger partial charge in [-0.05, 0) is 48.5 Å². The average molecular weight is 443 g/mol. The maximum Gasteiger partial charge on any atom is 0.198 e. The molecule has 0 amide bonds. The van der Waals surface area contributed by atoms with E-state index in [4.69, 9.17) is 9.15 Å². The summed E-state index contributed by atoms with van der Waals surface area (Å²) in [5.41, 5.74) is 3.77. The third-order valence-corrected chi connectivity index (χ3v) is 6.09. The second-order valence-corrected chi connectivity index (χ2v) is 8.11. The number of aromatic amines is 1. The molecule has 6 heteroatoms. The highest BCUT2D eigenvalue weighted by Gasteiger charge is 2.15. The number of H-pyrrole nitrogens is 1. The Hall–Kier alpha value is -4.84. The van der Waals surface area contributed by atoms with Crippen molar-refractivity contribution in [2.45, 2.75) is 0 Å². The molecule has 0 radical (unpaired) electrons. The molecule has 6 nitrogen and oxygen atoms in total. The van der Waals surface area contributed by atoms with Crippen molar-refractivity contribution in [3.8, 4) is 17.4 Å². The van der Waals surface area contributed by atoms with Gasteiger partial charge in [0, 0.05) is 29.1 Å². The van der Waals surface area contributed by atoms with Crippen LogP contribution in [0.3, 0.4) is 0 Å². The number of hydrogen-bond acceptors (Lipinski definition) is 4. The first-order valence-corrected chi connectivity index (χ1v) is 10.9. The first kappa shape index (κ1) is 18.7. The van der Waals surface area contributed by atoms with Gasteiger partial charge in [-0.2, -0.15) is 0 Å². The minimum Gasteiger partial charge on any atom is -0.454 e. The zero-order valence-electron chi connectivity index (χ0n) is 17.9. The fraction of sp³-hybridized carbons (Fsp3) is 0. The highest BCUT2D eigenvalue weighted by Crippen LogP contribution is 2.35. The number of nitrogens with one attached hydrogen (secondary N) is 1. The third kappa shape index (κ3) is 2.75. The van der Waals surface area contributed by atoms with Gasteiger partial charge in [0.05, 0.1) is 21.9 Å². The smallest absolute Gasteiger partial charge is 0.198 e. The van der Waals surface area contributed by atoms with E-state index in [1.165, 1.54) is 6.07 Å². The molecule has 0 fully saturated rings. The fourth-order valence-corrected chi connectivity index (χ4v) is 4.63. The predicted molar refractivity (Wildman–Crippen MR) is 133 cm³/mol. The molecular weight excluding hydrogens is 426 g/mol. The zero-order chi connectivity index (χ0) is 22.6. The van der Waals surface area contributed by atoms with Crippen LogP contribution < -0.4 is 10.2 Å². The molecule has 0 aliphatic heterocycles. The minimum atomic E-state index is -0.0917. The van der Waals surface area contributed by atoms with Crippen molar-refractivity contribution >= 4 is 43.9 Å². The van der Waals surface area contributed by atoms with Crippen molar-refractivity contribution in [3.05, 3.63) is 107 Å². The van der Waals surface area contributed by atoms with Gasteiger partial charge in [0.1, 0.15) is 17.2 Å². The van der Waals surface area contributed by atoms with Crippen molar-refractivity contribution in [1.82, 2.24) is 14.5 Å². The number of hydrogen-bond donors (Lipinski definition) is 1. The molecule has 4 aromatic heterocycles. The predicted octanol–water partition coefficient (Wildman–Crippen LogP) is 6.56. The lowest BCUT2D eigenvalue weighted by molar-refractivity contribution is 0.465. The summed E-state index contributed by atoms with van der Waals surface area (Å²) in [5.74, 6) is 2.02. The van der Waals surface area contributed by atoms with Gasteiger partial charge in [-0.3, -0.25) is 9.36 Å². The summed E-state index contributed by atoms with van der Waals surface area (Å²) >= 11 is 0. The monoisotopic (exact) mass is 443 g/mol. The molecule has 0 bridgehead atoms. The topological polar surface area (TPSA) is 73.0 Å². The highest BCUT2D eigenvalue weighted by molar-refractivity contribution is 6.09. The van der Waals surface area contributed by atoms with Crippen LogP contribution in [0.4, 0.5) is 0 Å². The number of furan rings is 1. The van der Waals surface area contributed by atoms with Crippen LogP contribution in [-0.4, -0.2) is 14.5 Å². The normalized spacial score (nSPS) is 11.6. The Morgan fingerprint density at radius 1 is 0.794 bits per heavy atom. The maximum atomic E-state index is 12.4. The molecule has 0 aliphatic carbocycles. The van der Waals surface area contributed by atoms with Crippen LogP contribution in [0, 0.1) is 0 Å². The summed E-state index contributed by atoms with van der Waals surface area (Å²) < 4.78 is 14.1. The van der Waals surface area contributed by atoms with Gasteiger partial charge in [-0.1, -0.05) is 30.3 Å². The molecule has 162 valence electrons. The van der Waals surface area contributed by atoms with Crippen LogP contribution in [0.15, 0.2) is 106 Å². The van der Waals surface area contributed by atoms with Crippen molar-refractivity contribution in [2.75, 3.05) is 0 Å². The average Bonchev–Trinajstić information content (AvgIpc) is 3.40. The molecule has 0 saturated carbocycles. The Balaban J connectivity index is 1.39. The van der Waals surface area contributed by atoms with Gasteiger partial charge in [0.2, 0.25) is 0 Å². The van der Waals surface area contributed by atoms with E-state index < -0.39 is 0 Å². The number of benzene rings is 3. The molecule has 0 atom stereocenters. The summed E-state index contributed by atoms with van der Waals surface area (Å²) in [7, 11) is 0. The summed E-state index contributed by atoms with van der Waals surface area (Å²) in [6.07, 6.45) is 1.79. The molecule has 0 saturated heterocycles. The number of nitrogens with zero attached hydrogens (tertiary/aromatic N) is 2. The van der Waals surface area contributed by atoms with Gasteiger partial charge in [0.15, 0.2) is 16.9 Å². The SMILES string of the molecule is O=c1cccc2oc3ccc(Oc4ccc5c6ccccc6n(-c6ccccn6)c5c4)[nH]c3c12. The van der Waals surface area contributed by atoms with Crippen LogP contribution in [0.2, 0.25) is 0 Å². The molecule has 3 aromatic carbocycles. The molecule has 0 aliphatic rings. The van der Waals surface area contributed by atoms with Gasteiger partial charge < -0.3 is 14.1 Å². The van der Waals surface area contributed by atoms with E-state index in [1.54, 1.807) is 24.4 Å². The third-order valence-electron chi connectivity index (χ3n) is 6.09. The van der Waals surface area contributed by atoms with Gasteiger partial charge in [-0.15, -0.1) is 0 Å². The molecular formula is C28H17N3O3. The second kappa shape index (κ2) is 7.08. The van der Waals surface area contributed by atoms with Crippen LogP contribution in [-0.2, 0) is 0 Å². The van der Waals surface area contributed by atoms with Crippen LogP contribution in [0.5, 0.6) is 11.6 Å². The number of para-hydroxylation sites is 1. The van der Waals surface area contributed by atoms with E-state index in [9.17, 15) is 4.79 Å². The maximum absolute atomic E-state index is 12.4. The van der Waals surface area contributed by atoms with Crippen molar-refractivity contribution in [3.63, 3.8) is 0 Å². The molecule has 1 N–H and O–H groups in total. The lowest BCUT2D eigenvalue weighted by Crippen LogP contribution is -1.97. The first-order valence-electron chi connectivity index (χ1n) is 10.9. The van der Waals surface area contributed by atoms with E-state index in [-0.39, 0.29) is 5.43 Å². The highest BCUT2D eigenvalue weighted by atomic mass is 16.5. The fourth-order valence-electron chi connectivity index (χ4n) is 4.63. The van der Waals surface area contributed by atoms with Crippen molar-refractivity contribution in [2.24, 2.45) is 0 Å². The Bertz CT molecular complexity index is 1910. The molecule has 0 unspecified atom stereocenters. The molecule has 7 rings (SSSR count). The van der Waals surface area contributed by atoms with E-state index in [0.717, 1.165) is 27.6 Å². The Morgan fingerprint density at radius 3 is 2.59 bits per heavy atom. The first-order chi connectivity index (χ1) is 16.8. The number of aromatic nitrogens is 3. The van der Waals surface area contributed by atoms with E-state index in [1.807, 2.05) is 48.5 Å². The van der Waals surface area contributed by atoms with E-state index in [0.29, 0.717) is 33.7 Å². The lowest BCUT2D eigenvalue weighted by Gasteiger charge is -2.09. The molecule has 4 heterocycles. The van der Waals surface area contributed by atoms with Crippen LogP contribution in [0.25, 0.3) is 49.7 Å². The van der Waals surface area contributed by atoms with E-state index >= 15 is 0 Å². The van der Waals surface area contributed by atoms with Gasteiger partial charge in [0.25, 0.3) is 0 Å². The summed E-state index contributed by atoms with van der Waals surface area (Å²) in [4.78, 5) is 20.2. The van der Waals surface area contributed by atoms with Crippen LogP contribution in [0.1, 0.15) is 0 Å². The zero-order valence-corrected chi connectivity index (χ0v) is 17.9. The van der Waals surface area contributed by atoms with Gasteiger partial charge in [-0.25, -0.2) is 4.98 Å². The number of ether oxygens (including phenoxy) is 1. The molecule has 7 aromatic rings. The standard InChI is InChI=1S/C28H17N3O3/c32-22-8-5-9-23-27(22)28-24(34-23)13-14-26(30-28)33-17-11-12-19-18-6-1-2-7-20(18)31(21(19)16-17)25-10-3-4-15-29-25/h1-16,30H.